The maximum atomic E-state index is 10.9. The first-order valence-corrected chi connectivity index (χ1v) is 5.38. The van der Waals surface area contributed by atoms with Gasteiger partial charge >= 0.3 is 0 Å². The van der Waals surface area contributed by atoms with Crippen molar-refractivity contribution in [1.29, 1.82) is 0 Å². The maximum Gasteiger partial charge on any atom is 0.234 e. The minimum atomic E-state index is -0.452. The highest BCUT2D eigenvalue weighted by atomic mass is 16.5. The van der Waals surface area contributed by atoms with Crippen molar-refractivity contribution in [3.05, 3.63) is 23.8 Å². The van der Waals surface area contributed by atoms with E-state index in [4.69, 9.17) is 10.5 Å². The number of methoxy groups -OCH3 is 1. The van der Waals surface area contributed by atoms with Gasteiger partial charge in [-0.2, -0.15) is 0 Å². The molecule has 0 spiro atoms. The van der Waals surface area contributed by atoms with Crippen LogP contribution in [0.25, 0.3) is 0 Å². The molecule has 2 unspecified atom stereocenters. The van der Waals surface area contributed by atoms with Crippen molar-refractivity contribution in [2.24, 2.45) is 5.73 Å². The molecule has 0 aliphatic heterocycles. The van der Waals surface area contributed by atoms with Crippen LogP contribution in [0.1, 0.15) is 25.5 Å². The van der Waals surface area contributed by atoms with Crippen molar-refractivity contribution in [1.82, 2.24) is 5.32 Å². The van der Waals surface area contributed by atoms with E-state index in [1.165, 1.54) is 13.2 Å². The van der Waals surface area contributed by atoms with Crippen LogP contribution in [0.2, 0.25) is 0 Å². The van der Waals surface area contributed by atoms with Crippen LogP contribution in [0, 0.1) is 0 Å². The molecule has 1 rings (SSSR count). The molecule has 1 aromatic rings. The largest absolute Gasteiger partial charge is 0.507 e. The summed E-state index contributed by atoms with van der Waals surface area (Å²) in [6, 6.07) is 4.40. The Bertz CT molecular complexity index is 407. The molecule has 5 nitrogen and oxygen atoms in total. The zero-order chi connectivity index (χ0) is 13.0. The van der Waals surface area contributed by atoms with E-state index >= 15 is 0 Å². The molecule has 5 heteroatoms. The van der Waals surface area contributed by atoms with Gasteiger partial charge in [-0.3, -0.25) is 10.1 Å². The van der Waals surface area contributed by atoms with E-state index in [0.717, 1.165) is 0 Å². The van der Waals surface area contributed by atoms with E-state index in [9.17, 15) is 9.90 Å². The van der Waals surface area contributed by atoms with Gasteiger partial charge in [-0.15, -0.1) is 0 Å². The third-order valence-corrected chi connectivity index (χ3v) is 2.63. The predicted molar refractivity (Wildman–Crippen MR) is 64.9 cm³/mol. The standard InChI is InChI=1S/C12H18N2O3/c1-7(14-8(2)12(13)16)10-5-4-9(17-3)6-11(10)15/h4-8,14-15H,1-3H3,(H2,13,16). The van der Waals surface area contributed by atoms with Gasteiger partial charge in [0.25, 0.3) is 0 Å². The monoisotopic (exact) mass is 238 g/mol. The Balaban J connectivity index is 2.82. The Kier molecular flexibility index (Phi) is 4.34. The molecule has 0 radical (unpaired) electrons. The number of phenols is 1. The van der Waals surface area contributed by atoms with Gasteiger partial charge in [-0.1, -0.05) is 6.07 Å². The lowest BCUT2D eigenvalue weighted by molar-refractivity contribution is -0.119. The summed E-state index contributed by atoms with van der Waals surface area (Å²) in [5.74, 6) is 0.285. The van der Waals surface area contributed by atoms with Gasteiger partial charge in [-0.05, 0) is 19.9 Å². The summed E-state index contributed by atoms with van der Waals surface area (Å²) in [5.41, 5.74) is 5.86. The molecular weight excluding hydrogens is 220 g/mol. The molecule has 0 saturated heterocycles. The van der Waals surface area contributed by atoms with E-state index in [1.54, 1.807) is 19.1 Å². The molecule has 1 amide bonds. The Morgan fingerprint density at radius 3 is 2.59 bits per heavy atom. The molecule has 0 aliphatic carbocycles. The number of ether oxygens (including phenoxy) is 1. The Hall–Kier alpha value is -1.75. The number of nitrogens with one attached hydrogen (secondary N) is 1. The van der Waals surface area contributed by atoms with Crippen LogP contribution >= 0.6 is 0 Å². The maximum absolute atomic E-state index is 10.9. The molecule has 0 aliphatic rings. The van der Waals surface area contributed by atoms with Crippen LogP contribution in [0.15, 0.2) is 18.2 Å². The number of hydrogen-bond donors (Lipinski definition) is 3. The molecule has 1 aromatic carbocycles. The normalized spacial score (nSPS) is 14.1. The summed E-state index contributed by atoms with van der Waals surface area (Å²) in [4.78, 5) is 10.9. The van der Waals surface area contributed by atoms with Crippen LogP contribution in [0.3, 0.4) is 0 Å². The van der Waals surface area contributed by atoms with E-state index in [-0.39, 0.29) is 11.8 Å². The van der Waals surface area contributed by atoms with Crippen molar-refractivity contribution >= 4 is 5.91 Å². The van der Waals surface area contributed by atoms with Crippen molar-refractivity contribution in [3.63, 3.8) is 0 Å². The highest BCUT2D eigenvalue weighted by Gasteiger charge is 2.16. The van der Waals surface area contributed by atoms with Crippen molar-refractivity contribution in [3.8, 4) is 11.5 Å². The van der Waals surface area contributed by atoms with Crippen LogP contribution in [-0.4, -0.2) is 24.2 Å². The van der Waals surface area contributed by atoms with Crippen LogP contribution < -0.4 is 15.8 Å². The number of aromatic hydroxyl groups is 1. The van der Waals surface area contributed by atoms with Crippen LogP contribution in [0.4, 0.5) is 0 Å². The van der Waals surface area contributed by atoms with Gasteiger partial charge in [0.05, 0.1) is 13.2 Å². The zero-order valence-electron chi connectivity index (χ0n) is 10.2. The summed E-state index contributed by atoms with van der Waals surface area (Å²) < 4.78 is 4.99. The first-order valence-electron chi connectivity index (χ1n) is 5.38. The predicted octanol–water partition coefficient (Wildman–Crippen LogP) is 0.925. The molecule has 0 aromatic heterocycles. The molecule has 4 N–H and O–H groups in total. The van der Waals surface area contributed by atoms with Crippen molar-refractivity contribution in [2.75, 3.05) is 7.11 Å². The number of amides is 1. The quantitative estimate of drug-likeness (QED) is 0.712. The second kappa shape index (κ2) is 5.54. The average molecular weight is 238 g/mol. The van der Waals surface area contributed by atoms with E-state index in [2.05, 4.69) is 5.32 Å². The molecule has 0 saturated carbocycles. The van der Waals surface area contributed by atoms with E-state index < -0.39 is 11.9 Å². The molecule has 17 heavy (non-hydrogen) atoms. The number of phenolic OH excluding ortho intramolecular Hbond substituents is 1. The van der Waals surface area contributed by atoms with Gasteiger partial charge < -0.3 is 15.6 Å². The second-order valence-corrected chi connectivity index (χ2v) is 3.94. The lowest BCUT2D eigenvalue weighted by Crippen LogP contribution is -2.40. The summed E-state index contributed by atoms with van der Waals surface area (Å²) in [6.07, 6.45) is 0. The van der Waals surface area contributed by atoms with Gasteiger partial charge in [0, 0.05) is 17.7 Å². The van der Waals surface area contributed by atoms with Gasteiger partial charge in [-0.25, -0.2) is 0 Å². The third kappa shape index (κ3) is 3.35. The fourth-order valence-electron chi connectivity index (χ4n) is 1.56. The Morgan fingerprint density at radius 2 is 2.12 bits per heavy atom. The number of benzene rings is 1. The molecule has 0 bridgehead atoms. The number of rotatable bonds is 5. The highest BCUT2D eigenvalue weighted by Crippen LogP contribution is 2.28. The minimum Gasteiger partial charge on any atom is -0.507 e. The van der Waals surface area contributed by atoms with Crippen LogP contribution in [-0.2, 0) is 4.79 Å². The Labute approximate surface area is 101 Å². The summed E-state index contributed by atoms with van der Waals surface area (Å²) >= 11 is 0. The van der Waals surface area contributed by atoms with Gasteiger partial charge in [0.15, 0.2) is 0 Å². The molecule has 0 fully saturated rings. The number of carbonyl (C=O) groups excluding carboxylic acids is 1. The minimum absolute atomic E-state index is 0.126. The lowest BCUT2D eigenvalue weighted by atomic mass is 10.1. The van der Waals surface area contributed by atoms with E-state index in [0.29, 0.717) is 11.3 Å². The number of carbonyl (C=O) groups is 1. The zero-order valence-corrected chi connectivity index (χ0v) is 10.2. The van der Waals surface area contributed by atoms with Gasteiger partial charge in [0.2, 0.25) is 5.91 Å². The number of hydrogen-bond acceptors (Lipinski definition) is 4. The third-order valence-electron chi connectivity index (χ3n) is 2.63. The number of primary amides is 1. The summed E-state index contributed by atoms with van der Waals surface area (Å²) in [5, 5.41) is 12.8. The number of nitrogens with two attached hydrogens (primary N) is 1. The van der Waals surface area contributed by atoms with Crippen LogP contribution in [0.5, 0.6) is 11.5 Å². The van der Waals surface area contributed by atoms with E-state index in [1.807, 2.05) is 6.92 Å². The highest BCUT2D eigenvalue weighted by molar-refractivity contribution is 5.79. The first kappa shape index (κ1) is 13.3. The SMILES string of the molecule is COc1ccc(C(C)NC(C)C(N)=O)c(O)c1. The lowest BCUT2D eigenvalue weighted by Gasteiger charge is -2.19. The summed E-state index contributed by atoms with van der Waals surface area (Å²) in [7, 11) is 1.53. The smallest absolute Gasteiger partial charge is 0.234 e. The second-order valence-electron chi connectivity index (χ2n) is 3.94. The fourth-order valence-corrected chi connectivity index (χ4v) is 1.56. The topological polar surface area (TPSA) is 84.6 Å². The first-order chi connectivity index (χ1) is 7.95. The average Bonchev–Trinajstić information content (AvgIpc) is 2.28. The molecule has 0 heterocycles. The fraction of sp³-hybridized carbons (Fsp3) is 0.417. The molecule has 94 valence electrons. The molecular formula is C12H18N2O3. The molecule has 2 atom stereocenters. The summed E-state index contributed by atoms with van der Waals surface area (Å²) in [6.45, 7) is 3.53. The Morgan fingerprint density at radius 1 is 1.47 bits per heavy atom. The van der Waals surface area contributed by atoms with Crippen molar-refractivity contribution in [2.45, 2.75) is 25.9 Å². The van der Waals surface area contributed by atoms with Gasteiger partial charge in [0.1, 0.15) is 11.5 Å². The van der Waals surface area contributed by atoms with Crippen molar-refractivity contribution < 1.29 is 14.6 Å².